The smallest absolute Gasteiger partial charge is 0.341 e. The van der Waals surface area contributed by atoms with Gasteiger partial charge in [-0.3, -0.25) is 4.79 Å². The van der Waals surface area contributed by atoms with Crippen LogP contribution in [-0.2, 0) is 14.3 Å². The van der Waals surface area contributed by atoms with E-state index in [4.69, 9.17) is 14.2 Å². The van der Waals surface area contributed by atoms with Crippen molar-refractivity contribution in [1.82, 2.24) is 0 Å². The van der Waals surface area contributed by atoms with Gasteiger partial charge in [-0.1, -0.05) is 19.8 Å². The maximum Gasteiger partial charge on any atom is 0.341 e. The zero-order valence-electron chi connectivity index (χ0n) is 16.7. The van der Waals surface area contributed by atoms with Crippen LogP contribution in [0.15, 0.2) is 18.2 Å². The van der Waals surface area contributed by atoms with Crippen LogP contribution in [-0.4, -0.2) is 37.3 Å². The molecule has 0 aliphatic carbocycles. The van der Waals surface area contributed by atoms with Crippen molar-refractivity contribution in [2.45, 2.75) is 65.6 Å². The molecule has 0 heterocycles. The predicted octanol–water partition coefficient (Wildman–Crippen LogP) is 4.18. The molecule has 146 valence electrons. The fraction of sp³-hybridized carbons (Fsp3) is 0.600. The number of carbonyl (C=O) groups is 2. The quantitative estimate of drug-likeness (QED) is 0.630. The molecule has 6 nitrogen and oxygen atoms in total. The minimum Gasteiger partial charge on any atom is -0.490 e. The lowest BCUT2D eigenvalue weighted by atomic mass is 9.97. The average Bonchev–Trinajstić information content (AvgIpc) is 2.60. The molecule has 1 amide bonds. The molecule has 1 rings (SSSR count). The summed E-state index contributed by atoms with van der Waals surface area (Å²) in [5, 5.41) is 2.85. The van der Waals surface area contributed by atoms with Gasteiger partial charge in [-0.05, 0) is 52.3 Å². The molecule has 1 unspecified atom stereocenters. The van der Waals surface area contributed by atoms with Crippen LogP contribution < -0.4 is 10.1 Å². The second kappa shape index (κ2) is 10.2. The average molecular weight is 365 g/mol. The van der Waals surface area contributed by atoms with Gasteiger partial charge in [0.1, 0.15) is 16.9 Å². The molecule has 0 saturated heterocycles. The van der Waals surface area contributed by atoms with E-state index in [1.165, 1.54) is 7.11 Å². The van der Waals surface area contributed by atoms with E-state index in [1.807, 2.05) is 20.8 Å². The molecule has 0 fully saturated rings. The Bertz CT molecular complexity index is 614. The largest absolute Gasteiger partial charge is 0.490 e. The normalized spacial score (nSPS) is 13.2. The van der Waals surface area contributed by atoms with Gasteiger partial charge in [-0.2, -0.15) is 0 Å². The molecule has 0 radical (unpaired) electrons. The number of hydrogen-bond acceptors (Lipinski definition) is 5. The van der Waals surface area contributed by atoms with E-state index in [2.05, 4.69) is 12.2 Å². The monoisotopic (exact) mass is 365 g/mol. The Labute approximate surface area is 156 Å². The van der Waals surface area contributed by atoms with E-state index in [-0.39, 0.29) is 17.6 Å². The van der Waals surface area contributed by atoms with Crippen LogP contribution in [0.3, 0.4) is 0 Å². The van der Waals surface area contributed by atoms with Crippen molar-refractivity contribution in [2.75, 3.05) is 19.0 Å². The van der Waals surface area contributed by atoms with E-state index in [0.717, 1.165) is 12.8 Å². The van der Waals surface area contributed by atoms with Crippen LogP contribution in [0.25, 0.3) is 0 Å². The molecule has 1 atom stereocenters. The summed E-state index contributed by atoms with van der Waals surface area (Å²) in [6, 6.07) is 4.92. The third kappa shape index (κ3) is 6.02. The number of rotatable bonds is 10. The number of nitrogens with one attached hydrogen (secondary N) is 1. The summed E-state index contributed by atoms with van der Waals surface area (Å²) in [7, 11) is 1.31. The zero-order chi connectivity index (χ0) is 19.7. The summed E-state index contributed by atoms with van der Waals surface area (Å²) < 4.78 is 16.2. The second-order valence-electron chi connectivity index (χ2n) is 6.59. The van der Waals surface area contributed by atoms with Gasteiger partial charge < -0.3 is 19.5 Å². The summed E-state index contributed by atoms with van der Waals surface area (Å²) in [6.07, 6.45) is 2.40. The second-order valence-corrected chi connectivity index (χ2v) is 6.59. The molecule has 0 aliphatic heterocycles. The van der Waals surface area contributed by atoms with Crippen LogP contribution in [0.2, 0.25) is 0 Å². The van der Waals surface area contributed by atoms with Crippen LogP contribution in [0.1, 0.15) is 64.2 Å². The first kappa shape index (κ1) is 22.0. The maximum atomic E-state index is 12.8. The van der Waals surface area contributed by atoms with E-state index in [1.54, 1.807) is 25.1 Å². The summed E-state index contributed by atoms with van der Waals surface area (Å²) in [6.45, 7) is 9.92. The first-order chi connectivity index (χ1) is 12.3. The number of unbranched alkanes of at least 4 members (excludes halogenated alkanes) is 1. The molecule has 26 heavy (non-hydrogen) atoms. The third-order valence-corrected chi connectivity index (χ3v) is 3.96. The van der Waals surface area contributed by atoms with Crippen LogP contribution in [0.5, 0.6) is 5.75 Å². The predicted molar refractivity (Wildman–Crippen MR) is 102 cm³/mol. The van der Waals surface area contributed by atoms with Crippen molar-refractivity contribution in [3.05, 3.63) is 23.8 Å². The lowest BCUT2D eigenvalue weighted by molar-refractivity contribution is -0.139. The summed E-state index contributed by atoms with van der Waals surface area (Å²) in [4.78, 5) is 24.8. The molecule has 1 N–H and O–H groups in total. The topological polar surface area (TPSA) is 73.9 Å². The Hall–Kier alpha value is -2.08. The molecule has 0 saturated carbocycles. The van der Waals surface area contributed by atoms with E-state index < -0.39 is 11.6 Å². The fourth-order valence-electron chi connectivity index (χ4n) is 2.58. The van der Waals surface area contributed by atoms with Crippen molar-refractivity contribution in [3.8, 4) is 5.75 Å². The minimum atomic E-state index is -0.913. The van der Waals surface area contributed by atoms with Crippen molar-refractivity contribution >= 4 is 17.6 Å². The lowest BCUT2D eigenvalue weighted by Gasteiger charge is -2.28. The van der Waals surface area contributed by atoms with Crippen LogP contribution >= 0.6 is 0 Å². The van der Waals surface area contributed by atoms with Gasteiger partial charge >= 0.3 is 5.97 Å². The van der Waals surface area contributed by atoms with Gasteiger partial charge in [0.15, 0.2) is 0 Å². The van der Waals surface area contributed by atoms with Gasteiger partial charge in [0.05, 0.1) is 13.2 Å². The standard InChI is InChI=1S/C20H31NO5/c1-7-9-12-20(5,25-8-2)19(23)21-15-10-11-17(26-14(3)4)16(13-15)18(22)24-6/h10-11,13-14H,7-9,12H2,1-6H3,(H,21,23). The Kier molecular flexibility index (Phi) is 8.58. The number of carbonyl (C=O) groups excluding carboxylic acids is 2. The molecular weight excluding hydrogens is 334 g/mol. The van der Waals surface area contributed by atoms with Gasteiger partial charge in [0.2, 0.25) is 0 Å². The maximum absolute atomic E-state index is 12.8. The molecule has 6 heteroatoms. The number of hydrogen-bond donors (Lipinski definition) is 1. The van der Waals surface area contributed by atoms with Crippen molar-refractivity contribution in [2.24, 2.45) is 0 Å². The summed E-state index contributed by atoms with van der Waals surface area (Å²) >= 11 is 0. The molecule has 0 aromatic heterocycles. The SMILES string of the molecule is CCCCC(C)(OCC)C(=O)Nc1ccc(OC(C)C)c(C(=O)OC)c1. The number of methoxy groups -OCH3 is 1. The molecule has 1 aromatic rings. The number of benzene rings is 1. The number of amides is 1. The van der Waals surface area contributed by atoms with Gasteiger partial charge in [0.25, 0.3) is 5.91 Å². The van der Waals surface area contributed by atoms with E-state index >= 15 is 0 Å². The highest BCUT2D eigenvalue weighted by molar-refractivity contribution is 5.99. The fourth-order valence-corrected chi connectivity index (χ4v) is 2.58. The highest BCUT2D eigenvalue weighted by Gasteiger charge is 2.33. The number of anilines is 1. The van der Waals surface area contributed by atoms with Crippen molar-refractivity contribution in [1.29, 1.82) is 0 Å². The van der Waals surface area contributed by atoms with Crippen LogP contribution in [0.4, 0.5) is 5.69 Å². The van der Waals surface area contributed by atoms with E-state index in [0.29, 0.717) is 24.5 Å². The number of ether oxygens (including phenoxy) is 3. The molecular formula is C20H31NO5. The van der Waals surface area contributed by atoms with Gasteiger partial charge in [-0.25, -0.2) is 4.79 Å². The first-order valence-electron chi connectivity index (χ1n) is 9.11. The Morgan fingerprint density at radius 1 is 1.23 bits per heavy atom. The Morgan fingerprint density at radius 3 is 2.46 bits per heavy atom. The highest BCUT2D eigenvalue weighted by Crippen LogP contribution is 2.27. The van der Waals surface area contributed by atoms with Crippen molar-refractivity contribution in [3.63, 3.8) is 0 Å². The van der Waals surface area contributed by atoms with Crippen LogP contribution in [0, 0.1) is 0 Å². The minimum absolute atomic E-state index is 0.0888. The first-order valence-corrected chi connectivity index (χ1v) is 9.11. The zero-order valence-corrected chi connectivity index (χ0v) is 16.7. The van der Waals surface area contributed by atoms with Gasteiger partial charge in [-0.15, -0.1) is 0 Å². The Morgan fingerprint density at radius 2 is 1.92 bits per heavy atom. The van der Waals surface area contributed by atoms with Crippen molar-refractivity contribution < 1.29 is 23.8 Å². The molecule has 0 spiro atoms. The lowest BCUT2D eigenvalue weighted by Crippen LogP contribution is -2.42. The third-order valence-electron chi connectivity index (χ3n) is 3.96. The molecule has 0 bridgehead atoms. The number of esters is 1. The molecule has 1 aromatic carbocycles. The molecule has 0 aliphatic rings. The Balaban J connectivity index is 3.07. The van der Waals surface area contributed by atoms with E-state index in [9.17, 15) is 9.59 Å². The summed E-state index contributed by atoms with van der Waals surface area (Å²) in [5.41, 5.74) is -0.150. The summed E-state index contributed by atoms with van der Waals surface area (Å²) in [5.74, 6) is -0.333. The highest BCUT2D eigenvalue weighted by atomic mass is 16.5. The van der Waals surface area contributed by atoms with Gasteiger partial charge in [0, 0.05) is 12.3 Å².